The Morgan fingerprint density at radius 1 is 1.14 bits per heavy atom. The van der Waals surface area contributed by atoms with Crippen molar-refractivity contribution in [2.45, 2.75) is 19.9 Å². The molecule has 2 amide bonds. The second-order valence-corrected chi connectivity index (χ2v) is 3.09. The number of aromatic nitrogens is 1. The van der Waals surface area contributed by atoms with Gasteiger partial charge in [-0.15, -0.1) is 0 Å². The van der Waals surface area contributed by atoms with Gasteiger partial charge in [0.25, 0.3) is 0 Å². The molecule has 0 saturated carbocycles. The normalized spacial score (nSPS) is 9.93. The molecule has 0 atom stereocenters. The van der Waals surface area contributed by atoms with Gasteiger partial charge in [0.15, 0.2) is 0 Å². The Hall–Kier alpha value is -1.78. The smallest absolute Gasteiger partial charge is 0.212 e. The third kappa shape index (κ3) is 1.93. The SMILES string of the molecule is CC(C)n1c(NC=O)ccc1NC=O. The summed E-state index contributed by atoms with van der Waals surface area (Å²) in [7, 11) is 0. The predicted octanol–water partition coefficient (Wildman–Crippen LogP) is 1.21. The van der Waals surface area contributed by atoms with Gasteiger partial charge in [-0.2, -0.15) is 0 Å². The minimum atomic E-state index is 0.162. The summed E-state index contributed by atoms with van der Waals surface area (Å²) in [5, 5.41) is 5.13. The Kier molecular flexibility index (Phi) is 3.28. The van der Waals surface area contributed by atoms with E-state index in [-0.39, 0.29) is 6.04 Å². The Morgan fingerprint density at radius 3 is 1.86 bits per heavy atom. The van der Waals surface area contributed by atoms with Crippen LogP contribution in [0.3, 0.4) is 0 Å². The van der Waals surface area contributed by atoms with Crippen molar-refractivity contribution in [1.82, 2.24) is 4.57 Å². The molecule has 0 unspecified atom stereocenters. The Bertz CT molecular complexity index is 303. The first kappa shape index (κ1) is 10.3. The molecule has 0 bridgehead atoms. The van der Waals surface area contributed by atoms with E-state index in [0.717, 1.165) is 0 Å². The summed E-state index contributed by atoms with van der Waals surface area (Å²) < 4.78 is 1.82. The van der Waals surface area contributed by atoms with Gasteiger partial charge in [0.1, 0.15) is 11.6 Å². The summed E-state index contributed by atoms with van der Waals surface area (Å²) in [4.78, 5) is 20.6. The van der Waals surface area contributed by atoms with E-state index in [1.807, 2.05) is 18.4 Å². The van der Waals surface area contributed by atoms with Crippen molar-refractivity contribution in [3.63, 3.8) is 0 Å². The van der Waals surface area contributed by atoms with Gasteiger partial charge in [-0.3, -0.25) is 9.59 Å². The first-order valence-electron chi connectivity index (χ1n) is 4.32. The fourth-order valence-electron chi connectivity index (χ4n) is 1.36. The Balaban J connectivity index is 3.05. The van der Waals surface area contributed by atoms with Gasteiger partial charge in [0, 0.05) is 6.04 Å². The van der Waals surface area contributed by atoms with Crippen LogP contribution in [0, 0.1) is 0 Å². The van der Waals surface area contributed by atoms with Crippen LogP contribution < -0.4 is 10.6 Å². The monoisotopic (exact) mass is 195 g/mol. The summed E-state index contributed by atoms with van der Waals surface area (Å²) in [5.74, 6) is 1.33. The highest BCUT2D eigenvalue weighted by atomic mass is 16.1. The number of amides is 2. The lowest BCUT2D eigenvalue weighted by Crippen LogP contribution is -2.10. The van der Waals surface area contributed by atoms with Crippen LogP contribution in [-0.4, -0.2) is 17.4 Å². The molecule has 1 heterocycles. The number of hydrogen-bond donors (Lipinski definition) is 2. The second kappa shape index (κ2) is 4.45. The molecule has 0 aromatic carbocycles. The van der Waals surface area contributed by atoms with Crippen molar-refractivity contribution >= 4 is 24.5 Å². The van der Waals surface area contributed by atoms with Gasteiger partial charge < -0.3 is 15.2 Å². The van der Waals surface area contributed by atoms with Gasteiger partial charge >= 0.3 is 0 Å². The number of nitrogens with zero attached hydrogens (tertiary/aromatic N) is 1. The fourth-order valence-corrected chi connectivity index (χ4v) is 1.36. The third-order valence-corrected chi connectivity index (χ3v) is 1.85. The van der Waals surface area contributed by atoms with Gasteiger partial charge in [0.05, 0.1) is 0 Å². The average molecular weight is 195 g/mol. The molecule has 0 saturated heterocycles. The molecular weight excluding hydrogens is 182 g/mol. The molecule has 0 aliphatic heterocycles. The zero-order valence-corrected chi connectivity index (χ0v) is 8.15. The molecule has 76 valence electrons. The van der Waals surface area contributed by atoms with Gasteiger partial charge in [0.2, 0.25) is 12.8 Å². The van der Waals surface area contributed by atoms with Crippen molar-refractivity contribution in [2.24, 2.45) is 0 Å². The molecule has 1 aromatic rings. The molecule has 1 rings (SSSR count). The zero-order valence-electron chi connectivity index (χ0n) is 8.15. The standard InChI is InChI=1S/C9H13N3O2/c1-7(2)12-8(10-5-13)3-4-9(12)11-6-14/h3-7H,1-2H3,(H,10,13)(H,11,14). The summed E-state index contributed by atoms with van der Waals surface area (Å²) in [6.45, 7) is 3.93. The maximum absolute atomic E-state index is 10.3. The Labute approximate surface area is 82.1 Å². The highest BCUT2D eigenvalue weighted by Crippen LogP contribution is 2.23. The minimum Gasteiger partial charge on any atom is -0.315 e. The summed E-state index contributed by atoms with van der Waals surface area (Å²) in [6, 6.07) is 3.63. The molecule has 5 heteroatoms. The van der Waals surface area contributed by atoms with Crippen molar-refractivity contribution in [1.29, 1.82) is 0 Å². The van der Waals surface area contributed by atoms with Crippen LogP contribution in [-0.2, 0) is 9.59 Å². The van der Waals surface area contributed by atoms with E-state index in [1.54, 1.807) is 12.1 Å². The summed E-state index contributed by atoms with van der Waals surface area (Å²) >= 11 is 0. The largest absolute Gasteiger partial charge is 0.315 e. The molecule has 0 aliphatic carbocycles. The number of carbonyl (C=O) groups is 2. The van der Waals surface area contributed by atoms with Crippen molar-refractivity contribution in [3.05, 3.63) is 12.1 Å². The molecular formula is C9H13N3O2. The van der Waals surface area contributed by atoms with Crippen LogP contribution >= 0.6 is 0 Å². The molecule has 2 N–H and O–H groups in total. The zero-order chi connectivity index (χ0) is 10.6. The number of rotatable bonds is 5. The van der Waals surface area contributed by atoms with Crippen LogP contribution in [0.2, 0.25) is 0 Å². The highest BCUT2D eigenvalue weighted by Gasteiger charge is 2.09. The van der Waals surface area contributed by atoms with Crippen LogP contribution in [0.1, 0.15) is 19.9 Å². The van der Waals surface area contributed by atoms with Crippen molar-refractivity contribution < 1.29 is 9.59 Å². The number of carbonyl (C=O) groups excluding carboxylic acids is 2. The lowest BCUT2D eigenvalue weighted by molar-refractivity contribution is -0.106. The number of anilines is 2. The van der Waals surface area contributed by atoms with Gasteiger partial charge in [-0.05, 0) is 26.0 Å². The first-order valence-corrected chi connectivity index (χ1v) is 4.32. The number of nitrogens with one attached hydrogen (secondary N) is 2. The van der Waals surface area contributed by atoms with Crippen LogP contribution in [0.25, 0.3) is 0 Å². The van der Waals surface area contributed by atoms with Crippen LogP contribution in [0.15, 0.2) is 12.1 Å². The van der Waals surface area contributed by atoms with E-state index >= 15 is 0 Å². The minimum absolute atomic E-state index is 0.162. The van der Waals surface area contributed by atoms with Gasteiger partial charge in [-0.25, -0.2) is 0 Å². The first-order chi connectivity index (χ1) is 6.70. The van der Waals surface area contributed by atoms with E-state index in [0.29, 0.717) is 24.5 Å². The topological polar surface area (TPSA) is 63.1 Å². The quantitative estimate of drug-likeness (QED) is 0.693. The maximum atomic E-state index is 10.3. The van der Waals surface area contributed by atoms with E-state index in [1.165, 1.54) is 0 Å². The van der Waals surface area contributed by atoms with E-state index in [4.69, 9.17) is 0 Å². The van der Waals surface area contributed by atoms with Crippen LogP contribution in [0.5, 0.6) is 0 Å². The molecule has 1 aromatic heterocycles. The third-order valence-electron chi connectivity index (χ3n) is 1.85. The Morgan fingerprint density at radius 2 is 1.57 bits per heavy atom. The highest BCUT2D eigenvalue weighted by molar-refractivity contribution is 5.75. The predicted molar refractivity (Wildman–Crippen MR) is 54.2 cm³/mol. The van der Waals surface area contributed by atoms with Crippen molar-refractivity contribution in [3.8, 4) is 0 Å². The van der Waals surface area contributed by atoms with Crippen LogP contribution in [0.4, 0.5) is 11.6 Å². The molecule has 0 aliphatic rings. The van der Waals surface area contributed by atoms with Gasteiger partial charge in [-0.1, -0.05) is 0 Å². The molecule has 0 spiro atoms. The molecule has 14 heavy (non-hydrogen) atoms. The molecule has 0 fully saturated rings. The summed E-state index contributed by atoms with van der Waals surface area (Å²) in [5.41, 5.74) is 0. The lowest BCUT2D eigenvalue weighted by Gasteiger charge is -2.15. The number of hydrogen-bond acceptors (Lipinski definition) is 2. The van der Waals surface area contributed by atoms with E-state index in [9.17, 15) is 9.59 Å². The lowest BCUT2D eigenvalue weighted by atomic mass is 10.4. The molecule has 5 nitrogen and oxygen atoms in total. The average Bonchev–Trinajstić information content (AvgIpc) is 2.49. The summed E-state index contributed by atoms with van der Waals surface area (Å²) in [6.07, 6.45) is 1.22. The maximum Gasteiger partial charge on any atom is 0.212 e. The van der Waals surface area contributed by atoms with E-state index in [2.05, 4.69) is 10.6 Å². The van der Waals surface area contributed by atoms with E-state index < -0.39 is 0 Å². The fraction of sp³-hybridized carbons (Fsp3) is 0.333. The van der Waals surface area contributed by atoms with Crippen molar-refractivity contribution in [2.75, 3.05) is 10.6 Å². The molecule has 0 radical (unpaired) electrons. The second-order valence-electron chi connectivity index (χ2n) is 3.09.